The Bertz CT molecular complexity index is 766. The molecule has 3 rings (SSSR count). The quantitative estimate of drug-likeness (QED) is 0.858. The second-order valence-corrected chi connectivity index (χ2v) is 6.58. The van der Waals surface area contributed by atoms with E-state index in [1.807, 2.05) is 0 Å². The molecule has 2 atom stereocenters. The number of rotatable bonds is 3. The van der Waals surface area contributed by atoms with Gasteiger partial charge in [-0.3, -0.25) is 4.79 Å². The van der Waals surface area contributed by atoms with Crippen LogP contribution in [0.2, 0.25) is 10.0 Å². The molecule has 5 nitrogen and oxygen atoms in total. The molecule has 1 amide bonds. The minimum Gasteiger partial charge on any atom is -0.393 e. The molecule has 8 heteroatoms. The molecule has 1 aliphatic carbocycles. The zero-order valence-corrected chi connectivity index (χ0v) is 14.1. The predicted octanol–water partition coefficient (Wildman–Crippen LogP) is 3.82. The minimum absolute atomic E-state index is 0.00517. The van der Waals surface area contributed by atoms with Crippen molar-refractivity contribution < 1.29 is 18.8 Å². The number of aliphatic hydroxyl groups excluding tert-OH is 1. The fraction of sp³-hybridized carbons (Fsp3) is 0.375. The molecule has 1 saturated carbocycles. The normalized spacial score (nSPS) is 20.8. The second kappa shape index (κ2) is 7.09. The monoisotopic (exact) mass is 372 g/mol. The first kappa shape index (κ1) is 17.2. The van der Waals surface area contributed by atoms with Crippen LogP contribution in [-0.4, -0.2) is 28.3 Å². The van der Waals surface area contributed by atoms with E-state index in [1.54, 1.807) is 0 Å². The van der Waals surface area contributed by atoms with Crippen LogP contribution in [0.1, 0.15) is 36.2 Å². The van der Waals surface area contributed by atoms with Gasteiger partial charge in [0.25, 0.3) is 5.91 Å². The van der Waals surface area contributed by atoms with Gasteiger partial charge in [0.05, 0.1) is 11.1 Å². The summed E-state index contributed by atoms with van der Waals surface area (Å²) in [6.07, 6.45) is 2.44. The Hall–Kier alpha value is -1.63. The smallest absolute Gasteiger partial charge is 0.291 e. The molecule has 0 bridgehead atoms. The zero-order chi connectivity index (χ0) is 17.3. The summed E-state index contributed by atoms with van der Waals surface area (Å²) in [4.78, 5) is 12.3. The van der Waals surface area contributed by atoms with E-state index in [0.29, 0.717) is 12.0 Å². The van der Waals surface area contributed by atoms with E-state index in [4.69, 9.17) is 27.7 Å². The van der Waals surface area contributed by atoms with Gasteiger partial charge in [-0.1, -0.05) is 34.4 Å². The number of carbonyl (C=O) groups excluding carboxylic acids is 1. The van der Waals surface area contributed by atoms with Gasteiger partial charge >= 0.3 is 0 Å². The van der Waals surface area contributed by atoms with Crippen molar-refractivity contribution in [3.63, 3.8) is 0 Å². The van der Waals surface area contributed by atoms with E-state index in [0.717, 1.165) is 19.3 Å². The third-order valence-electron chi connectivity index (χ3n) is 4.02. The third-order valence-corrected chi connectivity index (χ3v) is 4.67. The number of nitrogens with zero attached hydrogens (tertiary/aromatic N) is 1. The van der Waals surface area contributed by atoms with E-state index < -0.39 is 17.8 Å². The van der Waals surface area contributed by atoms with E-state index in [-0.39, 0.29) is 27.5 Å². The molecule has 1 aliphatic rings. The van der Waals surface area contributed by atoms with Gasteiger partial charge in [0.15, 0.2) is 0 Å². The van der Waals surface area contributed by atoms with Crippen LogP contribution in [-0.2, 0) is 0 Å². The summed E-state index contributed by atoms with van der Waals surface area (Å²) < 4.78 is 18.6. The number of benzene rings is 1. The van der Waals surface area contributed by atoms with E-state index in [2.05, 4.69) is 10.5 Å². The van der Waals surface area contributed by atoms with Crippen LogP contribution in [0.3, 0.4) is 0 Å². The Balaban J connectivity index is 1.78. The largest absolute Gasteiger partial charge is 0.393 e. The van der Waals surface area contributed by atoms with Crippen LogP contribution >= 0.6 is 23.2 Å². The Morgan fingerprint density at radius 2 is 2.17 bits per heavy atom. The Morgan fingerprint density at radius 1 is 1.38 bits per heavy atom. The lowest BCUT2D eigenvalue weighted by molar-refractivity contribution is 0.0818. The fourth-order valence-corrected chi connectivity index (χ4v) is 3.17. The van der Waals surface area contributed by atoms with Gasteiger partial charge in [0.2, 0.25) is 5.76 Å². The van der Waals surface area contributed by atoms with Crippen molar-refractivity contribution in [1.82, 2.24) is 10.5 Å². The van der Waals surface area contributed by atoms with Crippen molar-refractivity contribution in [3.05, 3.63) is 39.8 Å². The molecule has 1 fully saturated rings. The van der Waals surface area contributed by atoms with Crippen molar-refractivity contribution in [2.45, 2.75) is 37.8 Å². The number of carbonyl (C=O) groups is 1. The molecule has 2 aromatic rings. The number of hydrogen-bond donors (Lipinski definition) is 2. The molecule has 1 aromatic carbocycles. The number of nitrogens with one attached hydrogen (secondary N) is 1. The lowest BCUT2D eigenvalue weighted by Gasteiger charge is -2.26. The molecule has 128 valence electrons. The molecule has 24 heavy (non-hydrogen) atoms. The minimum atomic E-state index is -0.615. The van der Waals surface area contributed by atoms with Gasteiger partial charge in [-0.25, -0.2) is 4.39 Å². The number of aromatic nitrogens is 1. The number of aliphatic hydroxyl groups is 1. The Morgan fingerprint density at radius 3 is 2.88 bits per heavy atom. The molecule has 0 spiro atoms. The highest BCUT2D eigenvalue weighted by Gasteiger charge is 2.27. The maximum absolute atomic E-state index is 13.6. The summed E-state index contributed by atoms with van der Waals surface area (Å²) in [7, 11) is 0. The number of amides is 1. The van der Waals surface area contributed by atoms with Crippen molar-refractivity contribution in [3.8, 4) is 11.3 Å². The van der Waals surface area contributed by atoms with Gasteiger partial charge in [0, 0.05) is 11.6 Å². The van der Waals surface area contributed by atoms with E-state index in [9.17, 15) is 14.3 Å². The predicted molar refractivity (Wildman–Crippen MR) is 87.6 cm³/mol. The topological polar surface area (TPSA) is 75.4 Å². The van der Waals surface area contributed by atoms with Crippen molar-refractivity contribution in [2.75, 3.05) is 0 Å². The highest BCUT2D eigenvalue weighted by molar-refractivity contribution is 6.35. The maximum atomic E-state index is 13.6. The molecule has 0 saturated heterocycles. The van der Waals surface area contributed by atoms with Gasteiger partial charge in [-0.05, 0) is 37.8 Å². The van der Waals surface area contributed by atoms with Gasteiger partial charge in [0.1, 0.15) is 16.5 Å². The van der Waals surface area contributed by atoms with Crippen molar-refractivity contribution in [2.24, 2.45) is 0 Å². The average Bonchev–Trinajstić information content (AvgIpc) is 2.92. The van der Waals surface area contributed by atoms with Gasteiger partial charge < -0.3 is 14.9 Å². The van der Waals surface area contributed by atoms with Crippen LogP contribution < -0.4 is 5.32 Å². The van der Waals surface area contributed by atoms with Crippen LogP contribution in [0.15, 0.2) is 22.7 Å². The average molecular weight is 373 g/mol. The SMILES string of the molecule is O=C(N[C@@H]1CCC[C@H](O)C1)c1onc(-c2ccc(Cl)c(F)c2)c1Cl. The Kier molecular flexibility index (Phi) is 5.08. The van der Waals surface area contributed by atoms with Crippen LogP contribution in [0, 0.1) is 5.82 Å². The summed E-state index contributed by atoms with van der Waals surface area (Å²) >= 11 is 11.8. The molecular weight excluding hydrogens is 358 g/mol. The van der Waals surface area contributed by atoms with Gasteiger partial charge in [-0.15, -0.1) is 0 Å². The highest BCUT2D eigenvalue weighted by Crippen LogP contribution is 2.32. The first-order valence-electron chi connectivity index (χ1n) is 7.55. The second-order valence-electron chi connectivity index (χ2n) is 5.79. The van der Waals surface area contributed by atoms with Crippen LogP contribution in [0.25, 0.3) is 11.3 Å². The number of hydrogen-bond acceptors (Lipinski definition) is 4. The number of halogens is 3. The first-order chi connectivity index (χ1) is 11.5. The summed E-state index contributed by atoms with van der Waals surface area (Å²) in [5.41, 5.74) is 0.527. The third kappa shape index (κ3) is 3.55. The fourth-order valence-electron chi connectivity index (χ4n) is 2.79. The van der Waals surface area contributed by atoms with Crippen LogP contribution in [0.5, 0.6) is 0 Å². The molecule has 0 aliphatic heterocycles. The summed E-state index contributed by atoms with van der Waals surface area (Å²) in [5, 5.41) is 16.2. The summed E-state index contributed by atoms with van der Waals surface area (Å²) in [5.74, 6) is -1.26. The molecule has 1 heterocycles. The lowest BCUT2D eigenvalue weighted by Crippen LogP contribution is -2.39. The van der Waals surface area contributed by atoms with E-state index >= 15 is 0 Å². The van der Waals surface area contributed by atoms with Crippen molar-refractivity contribution >= 4 is 29.1 Å². The van der Waals surface area contributed by atoms with E-state index in [1.165, 1.54) is 18.2 Å². The molecular formula is C16H15Cl2FN2O3. The molecule has 0 unspecified atom stereocenters. The van der Waals surface area contributed by atoms with Crippen LogP contribution in [0.4, 0.5) is 4.39 Å². The van der Waals surface area contributed by atoms with Crippen molar-refractivity contribution in [1.29, 1.82) is 0 Å². The molecule has 1 aromatic heterocycles. The standard InChI is InChI=1S/C16H15Cl2FN2O3/c17-11-5-4-8(6-12(11)19)14-13(18)15(24-21-14)16(23)20-9-2-1-3-10(22)7-9/h4-6,9-10,22H,1-3,7H2,(H,20,23)/t9-,10+/m1/s1. The Labute approximate surface area is 147 Å². The highest BCUT2D eigenvalue weighted by atomic mass is 35.5. The maximum Gasteiger partial charge on any atom is 0.291 e. The first-order valence-corrected chi connectivity index (χ1v) is 8.31. The summed E-state index contributed by atoms with van der Waals surface area (Å²) in [6, 6.07) is 3.94. The zero-order valence-electron chi connectivity index (χ0n) is 12.6. The van der Waals surface area contributed by atoms with Gasteiger partial charge in [-0.2, -0.15) is 0 Å². The lowest BCUT2D eigenvalue weighted by atomic mass is 9.93. The molecule has 2 N–H and O–H groups in total. The summed E-state index contributed by atoms with van der Waals surface area (Å²) in [6.45, 7) is 0. The molecule has 0 radical (unpaired) electrons.